The third kappa shape index (κ3) is 1.91. The molecule has 2 heterocycles. The maximum absolute atomic E-state index is 11.9. The predicted molar refractivity (Wildman–Crippen MR) is 85.3 cm³/mol. The molecule has 2 unspecified atom stereocenters. The molecule has 6 heteroatoms. The molecular weight excluding hydrogens is 361 g/mol. The second-order valence-corrected chi connectivity index (χ2v) is 10.7. The van der Waals surface area contributed by atoms with Gasteiger partial charge in [0.1, 0.15) is 0 Å². The third-order valence-electron chi connectivity index (χ3n) is 7.26. The number of alkyl carbamates (subject to hydrolysis) is 1. The van der Waals surface area contributed by atoms with Gasteiger partial charge in [-0.15, -0.1) is 0 Å². The predicted octanol–water partition coefficient (Wildman–Crippen LogP) is 2.54. The van der Waals surface area contributed by atoms with Gasteiger partial charge in [0, 0.05) is 0 Å². The number of amides is 1. The summed E-state index contributed by atoms with van der Waals surface area (Å²) in [6.07, 6.45) is 3.58. The van der Waals surface area contributed by atoms with Crippen molar-refractivity contribution in [3.05, 3.63) is 0 Å². The van der Waals surface area contributed by atoms with Gasteiger partial charge in [-0.3, -0.25) is 0 Å². The summed E-state index contributed by atoms with van der Waals surface area (Å²) < 4.78 is 11.4. The molecule has 1 spiro atoms. The molecule has 128 valence electrons. The second-order valence-electron chi connectivity index (χ2n) is 8.24. The summed E-state index contributed by atoms with van der Waals surface area (Å²) >= 11 is 0.307. The zero-order valence-electron chi connectivity index (χ0n) is 14.0. The molecule has 5 nitrogen and oxygen atoms in total. The molecule has 4 rings (SSSR count). The molecule has 4 fully saturated rings. The van der Waals surface area contributed by atoms with Gasteiger partial charge in [-0.05, 0) is 0 Å². The zero-order chi connectivity index (χ0) is 16.5. The van der Waals surface area contributed by atoms with Crippen molar-refractivity contribution in [1.29, 1.82) is 0 Å². The first-order valence-corrected chi connectivity index (χ1v) is 10.8. The van der Waals surface area contributed by atoms with Crippen molar-refractivity contribution in [2.24, 2.45) is 16.7 Å². The van der Waals surface area contributed by atoms with Crippen molar-refractivity contribution in [1.82, 2.24) is 5.32 Å². The van der Waals surface area contributed by atoms with E-state index in [0.717, 1.165) is 18.2 Å². The first-order chi connectivity index (χ1) is 10.8. The summed E-state index contributed by atoms with van der Waals surface area (Å²) in [6, 6.07) is 0. The molecule has 0 aromatic rings. The van der Waals surface area contributed by atoms with E-state index in [-0.39, 0.29) is 34.6 Å². The fourth-order valence-corrected chi connectivity index (χ4v) is 9.78. The van der Waals surface area contributed by atoms with Crippen LogP contribution in [-0.2, 0) is 14.3 Å². The van der Waals surface area contributed by atoms with E-state index in [1.165, 1.54) is 6.42 Å². The van der Waals surface area contributed by atoms with E-state index >= 15 is 0 Å². The molecule has 2 aliphatic carbocycles. The quantitative estimate of drug-likeness (QED) is 0.598. The van der Waals surface area contributed by atoms with Crippen molar-refractivity contribution >= 4 is 27.0 Å². The van der Waals surface area contributed by atoms with Crippen LogP contribution in [0.1, 0.15) is 46.5 Å². The van der Waals surface area contributed by atoms with Gasteiger partial charge in [-0.2, -0.15) is 0 Å². The van der Waals surface area contributed by atoms with Crippen LogP contribution in [0.4, 0.5) is 4.79 Å². The van der Waals surface area contributed by atoms with Crippen LogP contribution in [-0.4, -0.2) is 45.3 Å². The first kappa shape index (κ1) is 15.8. The van der Waals surface area contributed by atoms with Crippen LogP contribution in [0.25, 0.3) is 0 Å². The molecular formula is C17H25NO4Se. The summed E-state index contributed by atoms with van der Waals surface area (Å²) in [5.74, 6) is 0.534. The molecule has 0 radical (unpaired) electrons. The van der Waals surface area contributed by atoms with Crippen LogP contribution in [0.5, 0.6) is 0 Å². The summed E-state index contributed by atoms with van der Waals surface area (Å²) in [5.41, 5.74) is -0.153. The SMILES string of the molecule is CC1(C)[C@@H]2CC[C@@]1(C)C1(CNC(=O)O1)[C@H]2[Se]CC1CCC(=O)O1. The topological polar surface area (TPSA) is 64.6 Å². The molecule has 4 aliphatic rings. The van der Waals surface area contributed by atoms with Crippen molar-refractivity contribution in [3.63, 3.8) is 0 Å². The maximum atomic E-state index is 11.9. The summed E-state index contributed by atoms with van der Waals surface area (Å²) in [4.78, 5) is 23.6. The Kier molecular flexibility index (Phi) is 3.35. The van der Waals surface area contributed by atoms with Crippen molar-refractivity contribution in [2.75, 3.05) is 6.54 Å². The number of ether oxygens (including phenoxy) is 2. The summed E-state index contributed by atoms with van der Waals surface area (Å²) in [6.45, 7) is 7.66. The summed E-state index contributed by atoms with van der Waals surface area (Å²) in [5, 5.41) is 3.88. The van der Waals surface area contributed by atoms with Crippen LogP contribution in [0, 0.1) is 16.7 Å². The number of nitrogens with one attached hydrogen (secondary N) is 1. The molecule has 1 amide bonds. The molecule has 2 bridgehead atoms. The molecule has 5 atom stereocenters. The Morgan fingerprint density at radius 1 is 1.26 bits per heavy atom. The number of cyclic esters (lactones) is 1. The minimum absolute atomic E-state index is 0.0304. The van der Waals surface area contributed by atoms with Crippen LogP contribution >= 0.6 is 0 Å². The number of carbonyl (C=O) groups is 2. The van der Waals surface area contributed by atoms with E-state index in [1.54, 1.807) is 0 Å². The average Bonchev–Trinajstić information content (AvgIpc) is 3.15. The van der Waals surface area contributed by atoms with Gasteiger partial charge in [0.2, 0.25) is 0 Å². The summed E-state index contributed by atoms with van der Waals surface area (Å²) in [7, 11) is 0. The Balaban J connectivity index is 1.59. The van der Waals surface area contributed by atoms with E-state index < -0.39 is 0 Å². The average molecular weight is 386 g/mol. The van der Waals surface area contributed by atoms with Crippen LogP contribution in [0.3, 0.4) is 0 Å². The van der Waals surface area contributed by atoms with Crippen molar-refractivity contribution in [3.8, 4) is 0 Å². The third-order valence-corrected chi connectivity index (χ3v) is 10.7. The Bertz CT molecular complexity index is 565. The first-order valence-electron chi connectivity index (χ1n) is 8.58. The minimum atomic E-state index is -0.362. The Labute approximate surface area is 143 Å². The fourth-order valence-electron chi connectivity index (χ4n) is 5.53. The van der Waals surface area contributed by atoms with Crippen LogP contribution in [0.2, 0.25) is 10.1 Å². The van der Waals surface area contributed by atoms with Gasteiger partial charge in [0.05, 0.1) is 0 Å². The molecule has 23 heavy (non-hydrogen) atoms. The van der Waals surface area contributed by atoms with Crippen LogP contribution < -0.4 is 5.32 Å². The number of hydrogen-bond donors (Lipinski definition) is 1. The second kappa shape index (κ2) is 4.89. The Morgan fingerprint density at radius 3 is 2.65 bits per heavy atom. The van der Waals surface area contributed by atoms with Crippen LogP contribution in [0.15, 0.2) is 0 Å². The standard InChI is InChI=1S/C17H25NO4Se/c1-15(2)11-6-7-16(15,3)17(9-18-14(20)22-17)13(11)23-8-10-4-5-12(19)21-10/h10-11,13H,4-9H2,1-3H3,(H,18,20)/t10?,11-,13+,16-,17?/m1/s1. The van der Waals surface area contributed by atoms with Gasteiger partial charge >= 0.3 is 143 Å². The monoisotopic (exact) mass is 387 g/mol. The van der Waals surface area contributed by atoms with Gasteiger partial charge in [-0.25, -0.2) is 0 Å². The van der Waals surface area contributed by atoms with Gasteiger partial charge in [0.25, 0.3) is 0 Å². The van der Waals surface area contributed by atoms with E-state index in [9.17, 15) is 9.59 Å². The zero-order valence-corrected chi connectivity index (χ0v) is 15.7. The van der Waals surface area contributed by atoms with Crippen molar-refractivity contribution < 1.29 is 19.1 Å². The number of esters is 1. The number of hydrogen-bond acceptors (Lipinski definition) is 4. The Morgan fingerprint density at radius 2 is 2.04 bits per heavy atom. The van der Waals surface area contributed by atoms with E-state index in [2.05, 4.69) is 26.1 Å². The van der Waals surface area contributed by atoms with E-state index in [0.29, 0.717) is 38.7 Å². The normalized spacial score (nSPS) is 47.0. The molecule has 2 saturated carbocycles. The number of rotatable bonds is 3. The Hall–Kier alpha value is -0.741. The molecule has 2 aliphatic heterocycles. The number of carbonyl (C=O) groups excluding carboxylic acids is 2. The molecule has 2 saturated heterocycles. The number of fused-ring (bicyclic) bond motifs is 3. The van der Waals surface area contributed by atoms with Gasteiger partial charge in [0.15, 0.2) is 0 Å². The van der Waals surface area contributed by atoms with E-state index in [1.807, 2.05) is 0 Å². The molecule has 0 aromatic carbocycles. The van der Waals surface area contributed by atoms with E-state index in [4.69, 9.17) is 9.47 Å². The molecule has 1 N–H and O–H groups in total. The fraction of sp³-hybridized carbons (Fsp3) is 0.882. The van der Waals surface area contributed by atoms with Gasteiger partial charge < -0.3 is 0 Å². The molecule has 0 aromatic heterocycles. The van der Waals surface area contributed by atoms with Crippen molar-refractivity contribution in [2.45, 2.75) is 68.3 Å². The van der Waals surface area contributed by atoms with Gasteiger partial charge in [-0.1, -0.05) is 0 Å².